The van der Waals surface area contributed by atoms with Gasteiger partial charge in [0.25, 0.3) is 0 Å². The number of para-hydroxylation sites is 2. The Morgan fingerprint density at radius 3 is 2.75 bits per heavy atom. The van der Waals surface area contributed by atoms with Gasteiger partial charge in [-0.3, -0.25) is 0 Å². The second-order valence-corrected chi connectivity index (χ2v) is 2.12. The lowest BCUT2D eigenvalue weighted by Gasteiger charge is -2.04. The Morgan fingerprint density at radius 1 is 1.50 bits per heavy atom. The third-order valence-electron chi connectivity index (χ3n) is 1.32. The smallest absolute Gasteiger partial charge is 0.338 e. The zero-order chi connectivity index (χ0) is 8.97. The summed E-state index contributed by atoms with van der Waals surface area (Å²) >= 11 is 0. The van der Waals surface area contributed by atoms with Gasteiger partial charge in [0, 0.05) is 0 Å². The van der Waals surface area contributed by atoms with Crippen LogP contribution in [0.25, 0.3) is 0 Å². The number of benzene rings is 1. The summed E-state index contributed by atoms with van der Waals surface area (Å²) in [5.41, 5.74) is 5.34. The van der Waals surface area contributed by atoms with Gasteiger partial charge in [-0.1, -0.05) is 12.1 Å². The molecule has 0 aromatic heterocycles. The van der Waals surface area contributed by atoms with Crippen molar-refractivity contribution in [3.63, 3.8) is 0 Å². The molecule has 4 nitrogen and oxygen atoms in total. The van der Waals surface area contributed by atoms with E-state index in [1.807, 2.05) is 0 Å². The molecule has 2 amide bonds. The van der Waals surface area contributed by atoms with Gasteiger partial charge in [0.15, 0.2) is 0 Å². The number of carbonyl (C=O) groups is 1. The van der Waals surface area contributed by atoms with Gasteiger partial charge in [-0.2, -0.15) is 5.32 Å². The fraction of sp³-hybridized carbons (Fsp3) is 0.125. The van der Waals surface area contributed by atoms with Gasteiger partial charge in [-0.05, 0) is 12.1 Å². The third-order valence-corrected chi connectivity index (χ3v) is 1.32. The van der Waals surface area contributed by atoms with Crippen LogP contribution in [0, 0.1) is 0 Å². The molecule has 0 fully saturated rings. The second-order valence-electron chi connectivity index (χ2n) is 2.12. The molecule has 0 aliphatic heterocycles. The maximum absolute atomic E-state index is 10.4. The van der Waals surface area contributed by atoms with Crippen molar-refractivity contribution in [2.75, 3.05) is 7.11 Å². The van der Waals surface area contributed by atoms with Crippen molar-refractivity contribution in [2.24, 2.45) is 5.73 Å². The first-order valence-corrected chi connectivity index (χ1v) is 3.38. The van der Waals surface area contributed by atoms with E-state index < -0.39 is 6.03 Å². The van der Waals surface area contributed by atoms with Crippen molar-refractivity contribution < 1.29 is 9.53 Å². The molecule has 0 saturated carbocycles. The maximum Gasteiger partial charge on any atom is 0.338 e. The molecule has 0 unspecified atom stereocenters. The molecule has 2 N–H and O–H groups in total. The van der Waals surface area contributed by atoms with Crippen LogP contribution in [-0.4, -0.2) is 13.1 Å². The van der Waals surface area contributed by atoms with Crippen LogP contribution in [0.2, 0.25) is 0 Å². The molecule has 1 radical (unpaired) electrons. The summed E-state index contributed by atoms with van der Waals surface area (Å²) in [4.78, 5) is 10.4. The fourth-order valence-corrected chi connectivity index (χ4v) is 0.841. The van der Waals surface area contributed by atoms with Crippen LogP contribution in [0.3, 0.4) is 0 Å². The van der Waals surface area contributed by atoms with Gasteiger partial charge in [-0.25, -0.2) is 4.79 Å². The van der Waals surface area contributed by atoms with Crippen molar-refractivity contribution in [1.29, 1.82) is 0 Å². The molecule has 0 saturated heterocycles. The van der Waals surface area contributed by atoms with Crippen LogP contribution < -0.4 is 15.8 Å². The zero-order valence-corrected chi connectivity index (χ0v) is 6.65. The average molecular weight is 165 g/mol. The maximum atomic E-state index is 10.4. The van der Waals surface area contributed by atoms with E-state index in [4.69, 9.17) is 10.5 Å². The van der Waals surface area contributed by atoms with Crippen LogP contribution in [0.4, 0.5) is 10.5 Å². The Morgan fingerprint density at radius 2 is 2.17 bits per heavy atom. The summed E-state index contributed by atoms with van der Waals surface area (Å²) in [6.45, 7) is 0. The number of hydrogen-bond donors (Lipinski definition) is 1. The van der Waals surface area contributed by atoms with Gasteiger partial charge in [0.05, 0.1) is 7.11 Å². The highest BCUT2D eigenvalue weighted by Gasteiger charge is 2.04. The first-order valence-electron chi connectivity index (χ1n) is 3.38. The number of hydrogen-bond acceptors (Lipinski definition) is 2. The van der Waals surface area contributed by atoms with Crippen molar-refractivity contribution in [3.8, 4) is 5.75 Å². The Hall–Kier alpha value is -1.71. The number of ether oxygens (including phenoxy) is 1. The SMILES string of the molecule is COc1ccccc1[N]C(N)=O. The summed E-state index contributed by atoms with van der Waals surface area (Å²) < 4.78 is 4.94. The predicted molar refractivity (Wildman–Crippen MR) is 44.4 cm³/mol. The lowest BCUT2D eigenvalue weighted by Crippen LogP contribution is -2.18. The second kappa shape index (κ2) is 3.61. The minimum absolute atomic E-state index is 0.451. The van der Waals surface area contributed by atoms with Crippen LogP contribution in [0.1, 0.15) is 0 Å². The predicted octanol–water partition coefficient (Wildman–Crippen LogP) is 1.01. The molecule has 0 aliphatic rings. The van der Waals surface area contributed by atoms with Gasteiger partial charge < -0.3 is 10.5 Å². The normalized spacial score (nSPS) is 9.08. The molecular formula is C8H9N2O2. The number of nitrogens with two attached hydrogens (primary N) is 1. The van der Waals surface area contributed by atoms with E-state index in [0.717, 1.165) is 0 Å². The number of methoxy groups -OCH3 is 1. The molecule has 0 heterocycles. The molecule has 63 valence electrons. The number of nitrogens with zero attached hydrogens (tertiary/aromatic N) is 1. The molecule has 0 bridgehead atoms. The number of amides is 2. The summed E-state index contributed by atoms with van der Waals surface area (Å²) in [7, 11) is 1.51. The molecule has 4 heteroatoms. The van der Waals surface area contributed by atoms with Crippen molar-refractivity contribution in [2.45, 2.75) is 0 Å². The highest BCUT2D eigenvalue weighted by Crippen LogP contribution is 2.22. The highest BCUT2D eigenvalue weighted by atomic mass is 16.5. The Kier molecular flexibility index (Phi) is 2.53. The van der Waals surface area contributed by atoms with E-state index in [1.54, 1.807) is 24.3 Å². The molecule has 1 aromatic rings. The molecule has 12 heavy (non-hydrogen) atoms. The van der Waals surface area contributed by atoms with Crippen LogP contribution in [0.5, 0.6) is 5.75 Å². The van der Waals surface area contributed by atoms with Crippen LogP contribution in [-0.2, 0) is 0 Å². The average Bonchev–Trinajstić information content (AvgIpc) is 2.04. The molecule has 0 aliphatic carbocycles. The summed E-state index contributed by atoms with van der Waals surface area (Å²) in [6, 6.07) is 6.19. The van der Waals surface area contributed by atoms with Crippen molar-refractivity contribution in [3.05, 3.63) is 24.3 Å². The molecular weight excluding hydrogens is 156 g/mol. The summed E-state index contributed by atoms with van der Waals surface area (Å²) in [5.74, 6) is 0.538. The first-order chi connectivity index (χ1) is 5.74. The molecule has 0 atom stereocenters. The third kappa shape index (κ3) is 1.88. The topological polar surface area (TPSA) is 66.4 Å². The largest absolute Gasteiger partial charge is 0.494 e. The van der Waals surface area contributed by atoms with Crippen LogP contribution in [0.15, 0.2) is 24.3 Å². The summed E-state index contributed by atoms with van der Waals surface area (Å²) in [6.07, 6.45) is 0. The van der Waals surface area contributed by atoms with Gasteiger partial charge in [-0.15, -0.1) is 0 Å². The first kappa shape index (κ1) is 8.39. The summed E-state index contributed by atoms with van der Waals surface area (Å²) in [5, 5.41) is 3.54. The lowest BCUT2D eigenvalue weighted by molar-refractivity contribution is 0.251. The van der Waals surface area contributed by atoms with E-state index in [1.165, 1.54) is 7.11 Å². The number of rotatable bonds is 2. The van der Waals surface area contributed by atoms with Gasteiger partial charge in [0.1, 0.15) is 11.4 Å². The van der Waals surface area contributed by atoms with Crippen LogP contribution >= 0.6 is 0 Å². The molecule has 0 spiro atoms. The standard InChI is InChI=1S/C8H9N2O2/c1-12-7-5-3-2-4-6(7)10-8(9)11/h2-5H,1H3,(H2,9,11). The van der Waals surface area contributed by atoms with Crippen molar-refractivity contribution >= 4 is 11.7 Å². The van der Waals surface area contributed by atoms with Crippen molar-refractivity contribution in [1.82, 2.24) is 5.32 Å². The van der Waals surface area contributed by atoms with Gasteiger partial charge >= 0.3 is 6.03 Å². The van der Waals surface area contributed by atoms with E-state index >= 15 is 0 Å². The molecule has 1 aromatic carbocycles. The Bertz CT molecular complexity index is 286. The van der Waals surface area contributed by atoms with E-state index in [9.17, 15) is 4.79 Å². The van der Waals surface area contributed by atoms with E-state index in [0.29, 0.717) is 11.4 Å². The number of carbonyl (C=O) groups excluding carboxylic acids is 1. The van der Waals surface area contributed by atoms with E-state index in [2.05, 4.69) is 5.32 Å². The number of primary amides is 1. The lowest BCUT2D eigenvalue weighted by atomic mass is 10.3. The number of urea groups is 1. The van der Waals surface area contributed by atoms with E-state index in [-0.39, 0.29) is 0 Å². The Labute approximate surface area is 70.3 Å². The minimum Gasteiger partial charge on any atom is -0.494 e. The van der Waals surface area contributed by atoms with Gasteiger partial charge in [0.2, 0.25) is 0 Å². The minimum atomic E-state index is -0.723. The highest BCUT2D eigenvalue weighted by molar-refractivity contribution is 5.78. The zero-order valence-electron chi connectivity index (χ0n) is 6.65. The monoisotopic (exact) mass is 165 g/mol. The quantitative estimate of drug-likeness (QED) is 0.710. The fourth-order valence-electron chi connectivity index (χ4n) is 0.841. The molecule has 1 rings (SSSR count). The Balaban J connectivity index is 2.89.